The fraction of sp³-hybridized carbons (Fsp3) is 0.562. The number of amides is 2. The van der Waals surface area contributed by atoms with E-state index in [1.54, 1.807) is 0 Å². The van der Waals surface area contributed by atoms with Crippen molar-refractivity contribution in [2.45, 2.75) is 33.1 Å². The zero-order valence-corrected chi connectivity index (χ0v) is 13.5. The zero-order valence-electron chi connectivity index (χ0n) is 12.8. The third-order valence-corrected chi connectivity index (χ3v) is 3.75. The van der Waals surface area contributed by atoms with Gasteiger partial charge in [0.25, 0.3) is 0 Å². The normalized spacial score (nSPS) is 11.2. The summed E-state index contributed by atoms with van der Waals surface area (Å²) in [5, 5.41) is 15.5. The number of aliphatic hydroxyl groups is 1. The third kappa shape index (κ3) is 7.34. The van der Waals surface area contributed by atoms with Gasteiger partial charge in [-0.1, -0.05) is 43.6 Å². The van der Waals surface area contributed by atoms with Crippen LogP contribution in [-0.2, 0) is 6.42 Å². The van der Waals surface area contributed by atoms with Crippen molar-refractivity contribution in [1.29, 1.82) is 0 Å². The molecule has 0 fully saturated rings. The predicted octanol–water partition coefficient (Wildman–Crippen LogP) is 2.98. The van der Waals surface area contributed by atoms with E-state index in [2.05, 4.69) is 10.6 Å². The summed E-state index contributed by atoms with van der Waals surface area (Å²) in [4.78, 5) is 11.6. The van der Waals surface area contributed by atoms with E-state index in [-0.39, 0.29) is 18.1 Å². The Labute approximate surface area is 131 Å². The number of carbonyl (C=O) groups is 1. The molecule has 4 nitrogen and oxygen atoms in total. The minimum atomic E-state index is -0.163. The SMILES string of the molecule is CC(C)(CO)CCCNC(=O)NCCc1ccccc1Cl. The number of hydrogen-bond acceptors (Lipinski definition) is 2. The van der Waals surface area contributed by atoms with Crippen LogP contribution in [0, 0.1) is 5.41 Å². The number of hydrogen-bond donors (Lipinski definition) is 3. The van der Waals surface area contributed by atoms with Crippen molar-refractivity contribution < 1.29 is 9.90 Å². The van der Waals surface area contributed by atoms with E-state index in [0.717, 1.165) is 23.4 Å². The monoisotopic (exact) mass is 312 g/mol. The van der Waals surface area contributed by atoms with Gasteiger partial charge in [-0.3, -0.25) is 0 Å². The lowest BCUT2D eigenvalue weighted by molar-refractivity contribution is 0.148. The average Bonchev–Trinajstić information content (AvgIpc) is 2.46. The first-order chi connectivity index (χ1) is 9.94. The van der Waals surface area contributed by atoms with Crippen LogP contribution in [0.15, 0.2) is 24.3 Å². The quantitative estimate of drug-likeness (QED) is 0.646. The van der Waals surface area contributed by atoms with Crippen LogP contribution >= 0.6 is 11.6 Å². The van der Waals surface area contributed by atoms with Crippen molar-refractivity contribution in [3.05, 3.63) is 34.9 Å². The Hall–Kier alpha value is -1.26. The number of urea groups is 1. The first-order valence-electron chi connectivity index (χ1n) is 7.30. The Morgan fingerprint density at radius 3 is 2.57 bits per heavy atom. The van der Waals surface area contributed by atoms with Crippen LogP contribution in [0.3, 0.4) is 0 Å². The highest BCUT2D eigenvalue weighted by atomic mass is 35.5. The summed E-state index contributed by atoms with van der Waals surface area (Å²) in [6.45, 7) is 5.35. The van der Waals surface area contributed by atoms with Gasteiger partial charge in [0.2, 0.25) is 0 Å². The molecule has 118 valence electrons. The molecule has 0 spiro atoms. The highest BCUT2D eigenvalue weighted by Crippen LogP contribution is 2.20. The minimum absolute atomic E-state index is 0.0811. The Kier molecular flexibility index (Phi) is 7.54. The molecule has 3 N–H and O–H groups in total. The van der Waals surface area contributed by atoms with Gasteiger partial charge in [0.1, 0.15) is 0 Å². The van der Waals surface area contributed by atoms with E-state index in [1.165, 1.54) is 0 Å². The molecule has 2 amide bonds. The van der Waals surface area contributed by atoms with Crippen molar-refractivity contribution in [3.63, 3.8) is 0 Å². The van der Waals surface area contributed by atoms with Gasteiger partial charge in [-0.05, 0) is 36.3 Å². The molecule has 0 heterocycles. The Bertz CT molecular complexity index is 450. The molecule has 0 saturated carbocycles. The van der Waals surface area contributed by atoms with E-state index < -0.39 is 0 Å². The van der Waals surface area contributed by atoms with Crippen molar-refractivity contribution in [2.24, 2.45) is 5.41 Å². The third-order valence-electron chi connectivity index (χ3n) is 3.38. The van der Waals surface area contributed by atoms with Crippen LogP contribution in [-0.4, -0.2) is 30.8 Å². The van der Waals surface area contributed by atoms with Crippen LogP contribution in [0.1, 0.15) is 32.3 Å². The standard InChI is InChI=1S/C16H25ClN2O2/c1-16(2,12-20)9-5-10-18-15(21)19-11-8-13-6-3-4-7-14(13)17/h3-4,6-7,20H,5,8-12H2,1-2H3,(H2,18,19,21). The van der Waals surface area contributed by atoms with Gasteiger partial charge in [0, 0.05) is 24.7 Å². The zero-order chi connectivity index (χ0) is 15.7. The van der Waals surface area contributed by atoms with Gasteiger partial charge in [-0.25, -0.2) is 4.79 Å². The lowest BCUT2D eigenvalue weighted by Crippen LogP contribution is -2.37. The molecule has 5 heteroatoms. The largest absolute Gasteiger partial charge is 0.396 e. The maximum absolute atomic E-state index is 11.6. The number of carbonyl (C=O) groups excluding carboxylic acids is 1. The van der Waals surface area contributed by atoms with Crippen LogP contribution in [0.5, 0.6) is 0 Å². The summed E-state index contributed by atoms with van der Waals surface area (Å²) in [7, 11) is 0. The maximum atomic E-state index is 11.6. The average molecular weight is 313 g/mol. The number of aliphatic hydroxyl groups excluding tert-OH is 1. The smallest absolute Gasteiger partial charge is 0.314 e. The maximum Gasteiger partial charge on any atom is 0.314 e. The van der Waals surface area contributed by atoms with Crippen molar-refractivity contribution in [3.8, 4) is 0 Å². The summed E-state index contributed by atoms with van der Waals surface area (Å²) in [6.07, 6.45) is 2.44. The molecular weight excluding hydrogens is 288 g/mol. The molecule has 1 aromatic carbocycles. The molecule has 0 aliphatic carbocycles. The summed E-state index contributed by atoms with van der Waals surface area (Å²) >= 11 is 6.05. The fourth-order valence-electron chi connectivity index (χ4n) is 1.92. The predicted molar refractivity (Wildman–Crippen MR) is 86.7 cm³/mol. The number of benzene rings is 1. The van der Waals surface area contributed by atoms with Crippen LogP contribution in [0.4, 0.5) is 4.79 Å². The van der Waals surface area contributed by atoms with E-state index in [9.17, 15) is 4.79 Å². The summed E-state index contributed by atoms with van der Waals surface area (Å²) in [5.41, 5.74) is 0.950. The minimum Gasteiger partial charge on any atom is -0.396 e. The van der Waals surface area contributed by atoms with Gasteiger partial charge in [-0.2, -0.15) is 0 Å². The summed E-state index contributed by atoms with van der Waals surface area (Å²) < 4.78 is 0. The lowest BCUT2D eigenvalue weighted by atomic mass is 9.89. The Balaban J connectivity index is 2.13. The topological polar surface area (TPSA) is 61.4 Å². The van der Waals surface area contributed by atoms with Crippen molar-refractivity contribution >= 4 is 17.6 Å². The molecule has 1 aromatic rings. The van der Waals surface area contributed by atoms with E-state index >= 15 is 0 Å². The van der Waals surface area contributed by atoms with Crippen LogP contribution in [0.25, 0.3) is 0 Å². The van der Waals surface area contributed by atoms with Gasteiger partial charge >= 0.3 is 6.03 Å². The van der Waals surface area contributed by atoms with E-state index in [0.29, 0.717) is 19.5 Å². The highest BCUT2D eigenvalue weighted by molar-refractivity contribution is 6.31. The van der Waals surface area contributed by atoms with Gasteiger partial charge in [0.05, 0.1) is 0 Å². The molecule has 21 heavy (non-hydrogen) atoms. The van der Waals surface area contributed by atoms with E-state index in [4.69, 9.17) is 16.7 Å². The Morgan fingerprint density at radius 2 is 1.90 bits per heavy atom. The first kappa shape index (κ1) is 17.8. The number of nitrogens with one attached hydrogen (secondary N) is 2. The van der Waals surface area contributed by atoms with Gasteiger partial charge in [0.15, 0.2) is 0 Å². The molecule has 0 saturated heterocycles. The fourth-order valence-corrected chi connectivity index (χ4v) is 2.15. The van der Waals surface area contributed by atoms with Crippen LogP contribution in [0.2, 0.25) is 5.02 Å². The van der Waals surface area contributed by atoms with Crippen LogP contribution < -0.4 is 10.6 Å². The lowest BCUT2D eigenvalue weighted by Gasteiger charge is -2.21. The number of halogens is 1. The second kappa shape index (κ2) is 8.90. The summed E-state index contributed by atoms with van der Waals surface area (Å²) in [5.74, 6) is 0. The summed E-state index contributed by atoms with van der Waals surface area (Å²) in [6, 6.07) is 7.46. The van der Waals surface area contributed by atoms with Gasteiger partial charge in [-0.15, -0.1) is 0 Å². The molecule has 0 bridgehead atoms. The Morgan fingerprint density at radius 1 is 1.24 bits per heavy atom. The second-order valence-corrected chi connectivity index (χ2v) is 6.36. The second-order valence-electron chi connectivity index (χ2n) is 5.95. The van der Waals surface area contributed by atoms with Crippen molar-refractivity contribution in [2.75, 3.05) is 19.7 Å². The first-order valence-corrected chi connectivity index (χ1v) is 7.68. The number of rotatable bonds is 8. The molecule has 0 radical (unpaired) electrons. The molecule has 0 aliphatic rings. The molecular formula is C16H25ClN2O2. The highest BCUT2D eigenvalue weighted by Gasteiger charge is 2.15. The molecule has 0 aliphatic heterocycles. The van der Waals surface area contributed by atoms with Gasteiger partial charge < -0.3 is 15.7 Å². The molecule has 1 rings (SSSR count). The van der Waals surface area contributed by atoms with E-state index in [1.807, 2.05) is 38.1 Å². The molecule has 0 atom stereocenters. The van der Waals surface area contributed by atoms with Crippen molar-refractivity contribution in [1.82, 2.24) is 10.6 Å². The molecule has 0 unspecified atom stereocenters. The molecule has 0 aromatic heterocycles.